The van der Waals surface area contributed by atoms with Gasteiger partial charge in [-0.3, -0.25) is 0 Å². The summed E-state index contributed by atoms with van der Waals surface area (Å²) in [5, 5.41) is 0. The molecular weight excluding hydrogens is 238 g/mol. The molecule has 0 aliphatic carbocycles. The summed E-state index contributed by atoms with van der Waals surface area (Å²) in [6, 6.07) is 0. The molecule has 2 radical (unpaired) electrons. The first-order valence-electron chi connectivity index (χ1n) is 0. The molecular formula is H8Na2O4Te+2. The van der Waals surface area contributed by atoms with E-state index in [0.29, 0.717) is 0 Å². The summed E-state index contributed by atoms with van der Waals surface area (Å²) in [7, 11) is 0. The van der Waals surface area contributed by atoms with Gasteiger partial charge < -0.3 is 21.9 Å². The minimum Gasteiger partial charge on any atom is -0.412 e. The SMILES string of the molecule is O.O.O.O.[Na+].[Na+].[Te]. The van der Waals surface area contributed by atoms with Crippen molar-refractivity contribution >= 4 is 23.7 Å². The van der Waals surface area contributed by atoms with Gasteiger partial charge in [-0.1, -0.05) is 0 Å². The molecule has 0 saturated carbocycles. The Hall–Kier alpha value is 2.63. The van der Waals surface area contributed by atoms with Gasteiger partial charge in [-0.05, 0) is 0 Å². The molecule has 0 aliphatic heterocycles. The fourth-order valence-corrected chi connectivity index (χ4v) is 0. The molecule has 0 heterocycles. The quantitative estimate of drug-likeness (QED) is 0.376. The minimum atomic E-state index is 0. The fourth-order valence-electron chi connectivity index (χ4n) is 0. The first kappa shape index (κ1) is 104. The predicted molar refractivity (Wildman–Crippen MR) is 20.2 cm³/mol. The average molecular weight is 246 g/mol. The van der Waals surface area contributed by atoms with E-state index in [1.807, 2.05) is 0 Å². The molecule has 0 spiro atoms. The van der Waals surface area contributed by atoms with E-state index >= 15 is 0 Å². The standard InChI is InChI=1S/2Na.4H2O.Te/h;;4*1H2;/q2*+1;;;;;. The summed E-state index contributed by atoms with van der Waals surface area (Å²) in [6.07, 6.45) is 0. The van der Waals surface area contributed by atoms with Crippen LogP contribution in [0.15, 0.2) is 0 Å². The second-order valence-electron chi connectivity index (χ2n) is 0. The van der Waals surface area contributed by atoms with Crippen molar-refractivity contribution in [3.63, 3.8) is 0 Å². The van der Waals surface area contributed by atoms with Gasteiger partial charge in [0.15, 0.2) is 0 Å². The monoisotopic (exact) mass is 248 g/mol. The van der Waals surface area contributed by atoms with Crippen LogP contribution in [0.5, 0.6) is 0 Å². The van der Waals surface area contributed by atoms with E-state index in [4.69, 9.17) is 0 Å². The van der Waals surface area contributed by atoms with Crippen molar-refractivity contribution in [2.45, 2.75) is 0 Å². The maximum absolute atomic E-state index is 0. The molecule has 0 fully saturated rings. The molecule has 0 bridgehead atoms. The maximum Gasteiger partial charge on any atom is 1.00 e. The van der Waals surface area contributed by atoms with Crippen molar-refractivity contribution < 1.29 is 81.0 Å². The van der Waals surface area contributed by atoms with E-state index in [1.165, 1.54) is 0 Å². The van der Waals surface area contributed by atoms with E-state index in [1.54, 1.807) is 0 Å². The van der Waals surface area contributed by atoms with Crippen LogP contribution in [0.2, 0.25) is 0 Å². The Morgan fingerprint density at radius 2 is 0.429 bits per heavy atom. The molecule has 0 aromatic rings. The predicted octanol–water partition coefficient (Wildman–Crippen LogP) is -9.67. The molecule has 0 atom stereocenters. The average Bonchev–Trinajstić information content (AvgIpc) is 0. The third kappa shape index (κ3) is 54.9. The van der Waals surface area contributed by atoms with Gasteiger partial charge in [-0.25, -0.2) is 0 Å². The van der Waals surface area contributed by atoms with Crippen LogP contribution in [-0.4, -0.2) is 45.6 Å². The molecule has 0 unspecified atom stereocenters. The van der Waals surface area contributed by atoms with Crippen LogP contribution in [0.1, 0.15) is 0 Å². The molecule has 0 amide bonds. The van der Waals surface area contributed by atoms with Crippen LogP contribution in [-0.2, 0) is 0 Å². The van der Waals surface area contributed by atoms with Crippen LogP contribution in [0.3, 0.4) is 0 Å². The summed E-state index contributed by atoms with van der Waals surface area (Å²) >= 11 is 0. The molecule has 7 heavy (non-hydrogen) atoms. The van der Waals surface area contributed by atoms with E-state index in [9.17, 15) is 0 Å². The van der Waals surface area contributed by atoms with Crippen LogP contribution in [0.4, 0.5) is 0 Å². The molecule has 8 N–H and O–H groups in total. The third-order valence-electron chi connectivity index (χ3n) is 0. The molecule has 4 nitrogen and oxygen atoms in total. The Labute approximate surface area is 103 Å². The van der Waals surface area contributed by atoms with Crippen molar-refractivity contribution in [1.82, 2.24) is 0 Å². The van der Waals surface area contributed by atoms with E-state index in [-0.39, 0.29) is 105 Å². The Kier molecular flexibility index (Phi) is 1080. The molecule has 7 heteroatoms. The van der Waals surface area contributed by atoms with Gasteiger partial charge in [0.1, 0.15) is 0 Å². The van der Waals surface area contributed by atoms with Crippen molar-refractivity contribution in [2.24, 2.45) is 0 Å². The van der Waals surface area contributed by atoms with Gasteiger partial charge >= 0.3 is 59.1 Å². The second-order valence-corrected chi connectivity index (χ2v) is 0. The zero-order valence-corrected chi connectivity index (χ0v) is 10.7. The minimum absolute atomic E-state index is 0. The Bertz CT molecular complexity index is 9.65. The van der Waals surface area contributed by atoms with E-state index in [0.717, 1.165) is 0 Å². The van der Waals surface area contributed by atoms with Gasteiger partial charge in [0.05, 0.1) is 0 Å². The van der Waals surface area contributed by atoms with Crippen LogP contribution < -0.4 is 59.1 Å². The zero-order chi connectivity index (χ0) is 0. The first-order chi connectivity index (χ1) is 0. The van der Waals surface area contributed by atoms with E-state index < -0.39 is 0 Å². The summed E-state index contributed by atoms with van der Waals surface area (Å²) in [4.78, 5) is 0. The number of rotatable bonds is 0. The van der Waals surface area contributed by atoms with Crippen molar-refractivity contribution in [3.05, 3.63) is 0 Å². The van der Waals surface area contributed by atoms with Crippen LogP contribution >= 0.6 is 0 Å². The summed E-state index contributed by atoms with van der Waals surface area (Å²) in [5.41, 5.74) is 0. The topological polar surface area (TPSA) is 126 Å². The Morgan fingerprint density at radius 3 is 0.429 bits per heavy atom. The molecule has 0 saturated heterocycles. The smallest absolute Gasteiger partial charge is 0.412 e. The van der Waals surface area contributed by atoms with Gasteiger partial charge in [0.25, 0.3) is 0 Å². The van der Waals surface area contributed by atoms with Gasteiger partial charge in [0.2, 0.25) is 0 Å². The van der Waals surface area contributed by atoms with Gasteiger partial charge in [0, 0.05) is 23.7 Å². The first-order valence-corrected chi connectivity index (χ1v) is 0. The molecule has 38 valence electrons. The summed E-state index contributed by atoms with van der Waals surface area (Å²) in [5.74, 6) is 0. The normalized spacial score (nSPS) is 0. The van der Waals surface area contributed by atoms with Crippen LogP contribution in [0.25, 0.3) is 0 Å². The zero-order valence-electron chi connectivity index (χ0n) is 4.41. The van der Waals surface area contributed by atoms with Crippen molar-refractivity contribution in [1.29, 1.82) is 0 Å². The summed E-state index contributed by atoms with van der Waals surface area (Å²) < 4.78 is 0. The van der Waals surface area contributed by atoms with Gasteiger partial charge in [-0.2, -0.15) is 0 Å². The van der Waals surface area contributed by atoms with Crippen molar-refractivity contribution in [3.8, 4) is 0 Å². The van der Waals surface area contributed by atoms with Crippen molar-refractivity contribution in [2.75, 3.05) is 0 Å². The Balaban J connectivity index is 0. The third-order valence-corrected chi connectivity index (χ3v) is 0. The van der Waals surface area contributed by atoms with Crippen LogP contribution in [0, 0.1) is 0 Å². The molecule has 0 rings (SSSR count). The second kappa shape index (κ2) is 72.6. The largest absolute Gasteiger partial charge is 1.00 e. The maximum atomic E-state index is 0. The molecule has 0 aliphatic rings. The Morgan fingerprint density at radius 1 is 0.429 bits per heavy atom. The summed E-state index contributed by atoms with van der Waals surface area (Å²) in [6.45, 7) is 0. The number of hydrogen-bond donors (Lipinski definition) is 0. The number of hydrogen-bond acceptors (Lipinski definition) is 0. The molecule has 0 aromatic carbocycles. The van der Waals surface area contributed by atoms with Gasteiger partial charge in [-0.15, -0.1) is 0 Å². The van der Waals surface area contributed by atoms with E-state index in [2.05, 4.69) is 0 Å². The molecule has 0 aromatic heterocycles. The fraction of sp³-hybridized carbons (Fsp3) is 0.